The van der Waals surface area contributed by atoms with E-state index in [1.807, 2.05) is 31.2 Å². The van der Waals surface area contributed by atoms with Crippen molar-refractivity contribution in [2.75, 3.05) is 19.1 Å². The molecule has 0 atom stereocenters. The molecular weight excluding hydrogens is 524 g/mol. The number of esters is 1. The summed E-state index contributed by atoms with van der Waals surface area (Å²) >= 11 is 0. The van der Waals surface area contributed by atoms with Crippen molar-refractivity contribution in [2.45, 2.75) is 39.7 Å². The molecule has 1 aromatic heterocycles. The number of ketones is 1. The van der Waals surface area contributed by atoms with Crippen LogP contribution < -0.4 is 19.1 Å². The molecule has 2 heterocycles. The Labute approximate surface area is 237 Å². The Hall–Kier alpha value is -4.92. The molecule has 2 amide bonds. The van der Waals surface area contributed by atoms with Gasteiger partial charge in [0.05, 0.1) is 25.5 Å². The number of anilines is 1. The summed E-state index contributed by atoms with van der Waals surface area (Å²) in [5.74, 6) is 0.425. The van der Waals surface area contributed by atoms with Crippen LogP contribution in [0.3, 0.4) is 0 Å². The van der Waals surface area contributed by atoms with Gasteiger partial charge in [0.15, 0.2) is 17.3 Å². The standard InChI is InChI=1S/C32H30N2O7/c1-19-31(20(2)35)25-18-24(41-32(38)22-6-8-23(9-7-22)34-29(36)13-14-30(34)37)10-11-26(25)33(19)16-15-21-5-12-27(39-3)28(17-21)40-4/h5-12,17-18H,13-16H2,1-4H3. The van der Waals surface area contributed by atoms with Gasteiger partial charge in [-0.05, 0) is 80.4 Å². The van der Waals surface area contributed by atoms with E-state index in [1.54, 1.807) is 38.5 Å². The Bertz CT molecular complexity index is 1670. The maximum Gasteiger partial charge on any atom is 0.343 e. The van der Waals surface area contributed by atoms with Crippen LogP contribution in [-0.4, -0.2) is 42.4 Å². The van der Waals surface area contributed by atoms with Crippen molar-refractivity contribution in [3.8, 4) is 17.2 Å². The Balaban J connectivity index is 1.37. The summed E-state index contributed by atoms with van der Waals surface area (Å²) in [6, 6.07) is 17.2. The van der Waals surface area contributed by atoms with Crippen LogP contribution in [0.25, 0.3) is 10.9 Å². The topological polar surface area (TPSA) is 104 Å². The van der Waals surface area contributed by atoms with E-state index in [0.29, 0.717) is 46.9 Å². The van der Waals surface area contributed by atoms with Gasteiger partial charge in [0.2, 0.25) is 11.8 Å². The number of methoxy groups -OCH3 is 2. The Morgan fingerprint density at radius 3 is 2.17 bits per heavy atom. The molecule has 0 aliphatic carbocycles. The van der Waals surface area contributed by atoms with Crippen LogP contribution in [0, 0.1) is 6.92 Å². The highest BCUT2D eigenvalue weighted by atomic mass is 16.5. The molecule has 0 unspecified atom stereocenters. The van der Waals surface area contributed by atoms with Crippen molar-refractivity contribution in [2.24, 2.45) is 0 Å². The van der Waals surface area contributed by atoms with Gasteiger partial charge in [0.1, 0.15) is 5.75 Å². The largest absolute Gasteiger partial charge is 0.493 e. The summed E-state index contributed by atoms with van der Waals surface area (Å²) < 4.78 is 18.5. The number of Topliss-reactive ketones (excluding diaryl/α,β-unsaturated/α-hetero) is 1. The summed E-state index contributed by atoms with van der Waals surface area (Å²) in [7, 11) is 3.20. The molecule has 1 saturated heterocycles. The molecule has 41 heavy (non-hydrogen) atoms. The number of ether oxygens (including phenoxy) is 3. The summed E-state index contributed by atoms with van der Waals surface area (Å²) in [5, 5.41) is 0.703. The van der Waals surface area contributed by atoms with Gasteiger partial charge in [-0.25, -0.2) is 4.79 Å². The number of carbonyl (C=O) groups excluding carboxylic acids is 4. The minimum absolute atomic E-state index is 0.0811. The van der Waals surface area contributed by atoms with E-state index >= 15 is 0 Å². The molecule has 1 fully saturated rings. The van der Waals surface area contributed by atoms with Crippen LogP contribution in [0.2, 0.25) is 0 Å². The molecule has 1 aliphatic heterocycles. The van der Waals surface area contributed by atoms with E-state index in [4.69, 9.17) is 14.2 Å². The average molecular weight is 555 g/mol. The number of rotatable bonds is 9. The molecule has 0 bridgehead atoms. The van der Waals surface area contributed by atoms with Crippen molar-refractivity contribution in [3.05, 3.63) is 83.0 Å². The van der Waals surface area contributed by atoms with Crippen LogP contribution in [0.15, 0.2) is 60.7 Å². The zero-order chi connectivity index (χ0) is 29.3. The molecule has 210 valence electrons. The Kier molecular flexibility index (Phi) is 7.61. The number of nitrogens with zero attached hydrogens (tertiary/aromatic N) is 2. The normalized spacial score (nSPS) is 13.1. The summed E-state index contributed by atoms with van der Waals surface area (Å²) in [4.78, 5) is 50.7. The minimum Gasteiger partial charge on any atom is -0.493 e. The predicted octanol–water partition coefficient (Wildman–Crippen LogP) is 5.28. The minimum atomic E-state index is -0.594. The number of carbonyl (C=O) groups is 4. The van der Waals surface area contributed by atoms with Gasteiger partial charge >= 0.3 is 5.97 Å². The maximum absolute atomic E-state index is 12.9. The van der Waals surface area contributed by atoms with E-state index < -0.39 is 5.97 Å². The highest BCUT2D eigenvalue weighted by Gasteiger charge is 2.30. The number of aromatic nitrogens is 1. The number of hydrogen-bond donors (Lipinski definition) is 0. The fourth-order valence-electron chi connectivity index (χ4n) is 5.31. The predicted molar refractivity (Wildman–Crippen MR) is 153 cm³/mol. The van der Waals surface area contributed by atoms with Gasteiger partial charge in [-0.2, -0.15) is 0 Å². The van der Waals surface area contributed by atoms with Crippen molar-refractivity contribution in [1.82, 2.24) is 4.57 Å². The molecule has 0 N–H and O–H groups in total. The van der Waals surface area contributed by atoms with Gasteiger partial charge in [0.25, 0.3) is 0 Å². The first-order valence-corrected chi connectivity index (χ1v) is 13.2. The second-order valence-electron chi connectivity index (χ2n) is 9.85. The molecule has 1 aliphatic rings. The van der Waals surface area contributed by atoms with Gasteiger partial charge < -0.3 is 18.8 Å². The molecule has 0 radical (unpaired) electrons. The van der Waals surface area contributed by atoms with Crippen LogP contribution in [0.5, 0.6) is 17.2 Å². The summed E-state index contributed by atoms with van der Waals surface area (Å²) in [5.41, 5.74) is 4.02. The first-order valence-electron chi connectivity index (χ1n) is 13.2. The van der Waals surface area contributed by atoms with Gasteiger partial charge in [0, 0.05) is 41.5 Å². The van der Waals surface area contributed by atoms with Crippen molar-refractivity contribution in [3.63, 3.8) is 0 Å². The van der Waals surface area contributed by atoms with Crippen LogP contribution in [0.1, 0.15) is 51.7 Å². The summed E-state index contributed by atoms with van der Waals surface area (Å²) in [6.45, 7) is 4.06. The van der Waals surface area contributed by atoms with E-state index in [0.717, 1.165) is 21.7 Å². The van der Waals surface area contributed by atoms with Crippen LogP contribution in [-0.2, 0) is 22.6 Å². The van der Waals surface area contributed by atoms with Crippen molar-refractivity contribution in [1.29, 1.82) is 0 Å². The zero-order valence-corrected chi connectivity index (χ0v) is 23.4. The molecule has 5 rings (SSSR count). The third-order valence-corrected chi connectivity index (χ3v) is 7.34. The third kappa shape index (κ3) is 5.30. The molecule has 9 heteroatoms. The SMILES string of the molecule is COc1ccc(CCn2c(C)c(C(C)=O)c3cc(OC(=O)c4ccc(N5C(=O)CCC5=O)cc4)ccc32)cc1OC. The zero-order valence-electron chi connectivity index (χ0n) is 23.4. The second kappa shape index (κ2) is 11.3. The van der Waals surface area contributed by atoms with Gasteiger partial charge in [-0.1, -0.05) is 6.07 Å². The fraction of sp³-hybridized carbons (Fsp3) is 0.250. The lowest BCUT2D eigenvalue weighted by Gasteiger charge is -2.14. The lowest BCUT2D eigenvalue weighted by molar-refractivity contribution is -0.121. The van der Waals surface area contributed by atoms with Crippen LogP contribution >= 0.6 is 0 Å². The van der Waals surface area contributed by atoms with E-state index in [1.165, 1.54) is 19.1 Å². The summed E-state index contributed by atoms with van der Waals surface area (Å²) in [6.07, 6.45) is 1.07. The Morgan fingerprint density at radius 1 is 0.854 bits per heavy atom. The molecule has 9 nitrogen and oxygen atoms in total. The lowest BCUT2D eigenvalue weighted by atomic mass is 10.1. The van der Waals surface area contributed by atoms with E-state index in [-0.39, 0.29) is 36.0 Å². The maximum atomic E-state index is 12.9. The number of hydrogen-bond acceptors (Lipinski definition) is 7. The van der Waals surface area contributed by atoms with Crippen molar-refractivity contribution >= 4 is 40.2 Å². The Morgan fingerprint density at radius 2 is 1.54 bits per heavy atom. The number of aryl methyl sites for hydroxylation is 2. The van der Waals surface area contributed by atoms with Gasteiger partial charge in [-0.3, -0.25) is 19.3 Å². The first kappa shape index (κ1) is 27.6. The van der Waals surface area contributed by atoms with Crippen LogP contribution in [0.4, 0.5) is 5.69 Å². The lowest BCUT2D eigenvalue weighted by Crippen LogP contribution is -2.28. The molecular formula is C32H30N2O7. The number of fused-ring (bicyclic) bond motifs is 1. The van der Waals surface area contributed by atoms with Crippen molar-refractivity contribution < 1.29 is 33.4 Å². The number of amides is 2. The molecule has 0 saturated carbocycles. The number of benzene rings is 3. The quantitative estimate of drug-likeness (QED) is 0.120. The monoisotopic (exact) mass is 554 g/mol. The molecule has 3 aromatic carbocycles. The van der Waals surface area contributed by atoms with Gasteiger partial charge in [-0.15, -0.1) is 0 Å². The third-order valence-electron chi connectivity index (χ3n) is 7.34. The van der Waals surface area contributed by atoms with E-state index in [9.17, 15) is 19.2 Å². The first-order chi connectivity index (χ1) is 19.7. The average Bonchev–Trinajstić information content (AvgIpc) is 3.45. The van der Waals surface area contributed by atoms with E-state index in [2.05, 4.69) is 4.57 Å². The molecule has 0 spiro atoms. The highest BCUT2D eigenvalue weighted by Crippen LogP contribution is 2.32. The fourth-order valence-corrected chi connectivity index (χ4v) is 5.31. The number of imide groups is 1. The second-order valence-corrected chi connectivity index (χ2v) is 9.85. The molecule has 4 aromatic rings. The highest BCUT2D eigenvalue weighted by molar-refractivity contribution is 6.19. The smallest absolute Gasteiger partial charge is 0.343 e.